The first-order valence-corrected chi connectivity index (χ1v) is 8.04. The molecule has 1 heterocycles. The molecule has 0 atom stereocenters. The Morgan fingerprint density at radius 3 is 2.35 bits per heavy atom. The maximum Gasteiger partial charge on any atom is 0.329 e. The second-order valence-electron chi connectivity index (χ2n) is 5.59. The van der Waals surface area contributed by atoms with Gasteiger partial charge in [0.05, 0.1) is 0 Å². The molecule has 0 saturated carbocycles. The monoisotopic (exact) mass is 347 g/mol. The molecule has 1 saturated heterocycles. The first-order valence-electron chi connectivity index (χ1n) is 8.04. The van der Waals surface area contributed by atoms with Gasteiger partial charge in [-0.3, -0.25) is 9.59 Å². The lowest BCUT2D eigenvalue weighted by molar-refractivity contribution is -0.127. The zero-order chi connectivity index (χ0) is 18.4. The van der Waals surface area contributed by atoms with Crippen LogP contribution in [0.1, 0.15) is 5.56 Å². The SMILES string of the molecule is O=C(CN1C(=O)N/C(=C\C=C\c2ccccc2)C1=O)Nc1ccccc1. The van der Waals surface area contributed by atoms with Crippen molar-refractivity contribution in [1.82, 2.24) is 10.2 Å². The third-order valence-electron chi connectivity index (χ3n) is 3.67. The Bertz CT molecular complexity index is 874. The summed E-state index contributed by atoms with van der Waals surface area (Å²) >= 11 is 0. The summed E-state index contributed by atoms with van der Waals surface area (Å²) in [7, 11) is 0. The Balaban J connectivity index is 1.62. The quantitative estimate of drug-likeness (QED) is 0.645. The predicted molar refractivity (Wildman–Crippen MR) is 98.9 cm³/mol. The van der Waals surface area contributed by atoms with E-state index in [1.54, 1.807) is 30.3 Å². The van der Waals surface area contributed by atoms with Crippen LogP contribution in [0.3, 0.4) is 0 Å². The number of urea groups is 1. The van der Waals surface area contributed by atoms with Gasteiger partial charge in [-0.1, -0.05) is 60.7 Å². The summed E-state index contributed by atoms with van der Waals surface area (Å²) in [6.07, 6.45) is 5.01. The van der Waals surface area contributed by atoms with Gasteiger partial charge >= 0.3 is 6.03 Å². The summed E-state index contributed by atoms with van der Waals surface area (Å²) in [5.41, 5.74) is 1.71. The van der Waals surface area contributed by atoms with E-state index < -0.39 is 17.8 Å². The number of hydrogen-bond donors (Lipinski definition) is 2. The first kappa shape index (κ1) is 17.2. The van der Waals surface area contributed by atoms with Crippen LogP contribution in [-0.2, 0) is 9.59 Å². The highest BCUT2D eigenvalue weighted by Crippen LogP contribution is 2.11. The maximum atomic E-state index is 12.3. The summed E-state index contributed by atoms with van der Waals surface area (Å²) < 4.78 is 0. The molecule has 4 amide bonds. The number of imide groups is 1. The van der Waals surface area contributed by atoms with Gasteiger partial charge in [-0.15, -0.1) is 0 Å². The minimum absolute atomic E-state index is 0.134. The number of nitrogens with zero attached hydrogens (tertiary/aromatic N) is 1. The molecule has 6 heteroatoms. The Morgan fingerprint density at radius 2 is 1.65 bits per heavy atom. The minimum atomic E-state index is -0.613. The van der Waals surface area contributed by atoms with Gasteiger partial charge in [0.15, 0.2) is 0 Å². The molecular formula is C20H17N3O3. The summed E-state index contributed by atoms with van der Waals surface area (Å²) in [5.74, 6) is -0.975. The highest BCUT2D eigenvalue weighted by molar-refractivity contribution is 6.14. The van der Waals surface area contributed by atoms with Gasteiger partial charge in [0, 0.05) is 5.69 Å². The van der Waals surface area contributed by atoms with Crippen LogP contribution in [0, 0.1) is 0 Å². The average molecular weight is 347 g/mol. The third kappa shape index (κ3) is 4.24. The fourth-order valence-electron chi connectivity index (χ4n) is 2.42. The van der Waals surface area contributed by atoms with Gasteiger partial charge in [-0.2, -0.15) is 0 Å². The number of benzene rings is 2. The van der Waals surface area contributed by atoms with Crippen LogP contribution in [0.15, 0.2) is 78.5 Å². The van der Waals surface area contributed by atoms with Gasteiger partial charge in [0.25, 0.3) is 5.91 Å². The van der Waals surface area contributed by atoms with E-state index in [2.05, 4.69) is 10.6 Å². The van der Waals surface area contributed by atoms with Crippen molar-refractivity contribution in [3.05, 3.63) is 84.1 Å². The number of carbonyl (C=O) groups is 3. The van der Waals surface area contributed by atoms with Crippen molar-refractivity contribution in [3.63, 3.8) is 0 Å². The van der Waals surface area contributed by atoms with Crippen LogP contribution in [0.4, 0.5) is 10.5 Å². The number of amides is 4. The van der Waals surface area contributed by atoms with Gasteiger partial charge in [0.1, 0.15) is 12.2 Å². The van der Waals surface area contributed by atoms with E-state index in [-0.39, 0.29) is 12.2 Å². The number of para-hydroxylation sites is 1. The number of nitrogens with one attached hydrogen (secondary N) is 2. The topological polar surface area (TPSA) is 78.5 Å². The largest absolute Gasteiger partial charge is 0.329 e. The van der Waals surface area contributed by atoms with E-state index in [1.165, 1.54) is 6.08 Å². The summed E-state index contributed by atoms with van der Waals surface area (Å²) in [6.45, 7) is -0.348. The molecule has 26 heavy (non-hydrogen) atoms. The number of anilines is 1. The fourth-order valence-corrected chi connectivity index (χ4v) is 2.42. The fraction of sp³-hybridized carbons (Fsp3) is 0.0500. The van der Waals surface area contributed by atoms with E-state index in [4.69, 9.17) is 0 Å². The van der Waals surface area contributed by atoms with Crippen molar-refractivity contribution in [2.24, 2.45) is 0 Å². The third-order valence-corrected chi connectivity index (χ3v) is 3.67. The van der Waals surface area contributed by atoms with Crippen LogP contribution < -0.4 is 10.6 Å². The Labute approximate surface area is 150 Å². The van der Waals surface area contributed by atoms with E-state index in [1.807, 2.05) is 42.5 Å². The van der Waals surface area contributed by atoms with Crippen LogP contribution in [0.5, 0.6) is 0 Å². The number of hydrogen-bond acceptors (Lipinski definition) is 3. The van der Waals surface area contributed by atoms with Crippen LogP contribution in [-0.4, -0.2) is 29.3 Å². The van der Waals surface area contributed by atoms with Crippen molar-refractivity contribution in [2.45, 2.75) is 0 Å². The van der Waals surface area contributed by atoms with Crippen molar-refractivity contribution in [3.8, 4) is 0 Å². The normalized spacial score (nSPS) is 15.5. The van der Waals surface area contributed by atoms with E-state index in [0.717, 1.165) is 10.5 Å². The predicted octanol–water partition coefficient (Wildman–Crippen LogP) is 2.77. The highest BCUT2D eigenvalue weighted by Gasteiger charge is 2.34. The van der Waals surface area contributed by atoms with Gasteiger partial charge in [-0.25, -0.2) is 9.69 Å². The molecule has 0 bridgehead atoms. The smallest absolute Gasteiger partial charge is 0.325 e. The molecule has 1 fully saturated rings. The van der Waals surface area contributed by atoms with Gasteiger partial charge in [0.2, 0.25) is 5.91 Å². The van der Waals surface area contributed by atoms with Crippen LogP contribution in [0.25, 0.3) is 6.08 Å². The molecule has 0 aromatic heterocycles. The second kappa shape index (κ2) is 7.94. The van der Waals surface area contributed by atoms with Gasteiger partial charge < -0.3 is 10.6 Å². The number of rotatable bonds is 5. The number of allylic oxidation sites excluding steroid dienone is 2. The lowest BCUT2D eigenvalue weighted by Gasteiger charge is -2.11. The molecule has 1 aliphatic heterocycles. The zero-order valence-electron chi connectivity index (χ0n) is 13.9. The standard InChI is InChI=1S/C20H17N3O3/c24-18(21-16-11-5-2-6-12-16)14-23-19(25)17(22-20(23)26)13-7-10-15-8-3-1-4-9-15/h1-13H,14H2,(H,21,24)(H,22,26)/b10-7+,17-13-. The Morgan fingerprint density at radius 1 is 1.00 bits per heavy atom. The summed E-state index contributed by atoms with van der Waals surface area (Å²) in [5, 5.41) is 5.12. The zero-order valence-corrected chi connectivity index (χ0v) is 13.9. The van der Waals surface area contributed by atoms with E-state index in [0.29, 0.717) is 5.69 Å². The van der Waals surface area contributed by atoms with E-state index >= 15 is 0 Å². The van der Waals surface area contributed by atoms with Crippen LogP contribution in [0.2, 0.25) is 0 Å². The molecule has 130 valence electrons. The molecule has 0 spiro atoms. The van der Waals surface area contributed by atoms with Crippen molar-refractivity contribution in [2.75, 3.05) is 11.9 Å². The molecule has 0 radical (unpaired) electrons. The summed E-state index contributed by atoms with van der Waals surface area (Å²) in [4.78, 5) is 37.2. The molecule has 1 aliphatic rings. The average Bonchev–Trinajstić information content (AvgIpc) is 2.91. The second-order valence-corrected chi connectivity index (χ2v) is 5.59. The molecule has 6 nitrogen and oxygen atoms in total. The Hall–Kier alpha value is -3.67. The van der Waals surface area contributed by atoms with Crippen LogP contribution >= 0.6 is 0 Å². The van der Waals surface area contributed by atoms with Crippen molar-refractivity contribution < 1.29 is 14.4 Å². The number of carbonyl (C=O) groups excluding carboxylic acids is 3. The molecule has 0 aliphatic carbocycles. The minimum Gasteiger partial charge on any atom is -0.325 e. The molecular weight excluding hydrogens is 330 g/mol. The van der Waals surface area contributed by atoms with Crippen molar-refractivity contribution in [1.29, 1.82) is 0 Å². The molecule has 0 unspecified atom stereocenters. The van der Waals surface area contributed by atoms with E-state index in [9.17, 15) is 14.4 Å². The molecule has 2 N–H and O–H groups in total. The van der Waals surface area contributed by atoms with Gasteiger partial charge in [-0.05, 0) is 23.8 Å². The first-order chi connectivity index (χ1) is 12.6. The Kier molecular flexibility index (Phi) is 5.24. The van der Waals surface area contributed by atoms with Crippen molar-refractivity contribution >= 4 is 29.6 Å². The molecule has 2 aromatic carbocycles. The lowest BCUT2D eigenvalue weighted by atomic mass is 10.2. The molecule has 3 rings (SSSR count). The maximum absolute atomic E-state index is 12.3. The lowest BCUT2D eigenvalue weighted by Crippen LogP contribution is -2.38. The summed E-state index contributed by atoms with van der Waals surface area (Å²) in [6, 6.07) is 17.8. The highest BCUT2D eigenvalue weighted by atomic mass is 16.2. The molecule has 2 aromatic rings.